The number of benzene rings is 1. The lowest BCUT2D eigenvalue weighted by molar-refractivity contribution is -0.168. The molecule has 0 aromatic heterocycles. The van der Waals surface area contributed by atoms with Gasteiger partial charge in [-0.05, 0) is 43.2 Å². The summed E-state index contributed by atoms with van der Waals surface area (Å²) >= 11 is 0. The summed E-state index contributed by atoms with van der Waals surface area (Å²) in [6.45, 7) is 2.08. The van der Waals surface area contributed by atoms with Crippen molar-refractivity contribution in [2.24, 2.45) is 17.4 Å². The van der Waals surface area contributed by atoms with Crippen LogP contribution < -0.4 is 26.3 Å². The maximum Gasteiger partial charge on any atom is 0.415 e. The second kappa shape index (κ2) is 8.40. The third-order valence-electron chi connectivity index (χ3n) is 10.2. The second-order valence-electron chi connectivity index (χ2n) is 12.6. The molecule has 1 unspecified atom stereocenters. The minimum absolute atomic E-state index is 0.0152. The second-order valence-corrected chi connectivity index (χ2v) is 12.6. The number of amides is 3. The van der Waals surface area contributed by atoms with E-state index in [-0.39, 0.29) is 48.9 Å². The third kappa shape index (κ3) is 3.23. The molecule has 2 heterocycles. The number of nitrogens with two attached hydrogens (primary N) is 2. The summed E-state index contributed by atoms with van der Waals surface area (Å²) < 4.78 is 12.1. The van der Waals surface area contributed by atoms with Gasteiger partial charge in [-0.2, -0.15) is 0 Å². The van der Waals surface area contributed by atoms with Gasteiger partial charge in [-0.15, -0.1) is 0 Å². The number of fused-ring (bicyclic) bond motifs is 1. The zero-order chi connectivity index (χ0) is 28.2. The van der Waals surface area contributed by atoms with Crippen LogP contribution in [0, 0.1) is 5.92 Å². The van der Waals surface area contributed by atoms with E-state index in [1.807, 2.05) is 6.07 Å². The highest BCUT2D eigenvalue weighted by atomic mass is 16.6. The highest BCUT2D eigenvalue weighted by Gasteiger charge is 2.86. The zero-order valence-electron chi connectivity index (χ0n) is 22.5. The molecule has 1 saturated heterocycles. The third-order valence-corrected chi connectivity index (χ3v) is 10.2. The Morgan fingerprint density at radius 3 is 2.83 bits per heavy atom. The normalized spacial score (nSPS) is 34.8. The topological polar surface area (TPSA) is 178 Å². The Hall–Kier alpha value is -3.22. The van der Waals surface area contributed by atoms with E-state index >= 15 is 0 Å². The lowest BCUT2D eigenvalue weighted by Gasteiger charge is -2.61. The maximum atomic E-state index is 13.2. The van der Waals surface area contributed by atoms with E-state index in [1.165, 1.54) is 24.8 Å². The minimum atomic E-state index is -1.07. The maximum absolute atomic E-state index is 13.2. The number of hydrogen-bond donors (Lipinski definition) is 4. The molecule has 12 nitrogen and oxygen atoms in total. The van der Waals surface area contributed by atoms with Crippen LogP contribution in [-0.4, -0.2) is 95.6 Å². The lowest BCUT2D eigenvalue weighted by atomic mass is 9.55. The van der Waals surface area contributed by atoms with Gasteiger partial charge in [0.25, 0.3) is 0 Å². The predicted molar refractivity (Wildman–Crippen MR) is 140 cm³/mol. The highest BCUT2D eigenvalue weighted by Crippen LogP contribution is 2.77. The molecular weight excluding hydrogens is 518 g/mol. The summed E-state index contributed by atoms with van der Waals surface area (Å²) in [6, 6.07) is 2.64. The first-order chi connectivity index (χ1) is 19.0. The number of primary amides is 1. The van der Waals surface area contributed by atoms with Gasteiger partial charge < -0.3 is 36.3 Å². The quantitative estimate of drug-likeness (QED) is 0.307. The first kappa shape index (κ1) is 25.7. The number of ether oxygens (including phenoxy) is 2. The molecule has 0 radical (unpaired) electrons. The highest BCUT2D eigenvalue weighted by molar-refractivity contribution is 5.92. The van der Waals surface area contributed by atoms with Gasteiger partial charge in [0, 0.05) is 50.6 Å². The molecule has 6 N–H and O–H groups in total. The van der Waals surface area contributed by atoms with Crippen molar-refractivity contribution >= 4 is 23.7 Å². The number of likely N-dealkylation sites (tertiary alicyclic amines) is 1. The molecular formula is C28H35N5O7. The molecule has 3 amide bonds. The smallest absolute Gasteiger partial charge is 0.415 e. The van der Waals surface area contributed by atoms with Crippen molar-refractivity contribution in [3.05, 3.63) is 23.3 Å². The van der Waals surface area contributed by atoms with Crippen LogP contribution in [0.1, 0.15) is 49.7 Å². The van der Waals surface area contributed by atoms with Gasteiger partial charge in [0.1, 0.15) is 0 Å². The molecule has 1 aromatic rings. The van der Waals surface area contributed by atoms with E-state index in [1.54, 1.807) is 6.07 Å². The van der Waals surface area contributed by atoms with Crippen molar-refractivity contribution in [2.75, 3.05) is 33.2 Å². The van der Waals surface area contributed by atoms with Crippen LogP contribution in [-0.2, 0) is 25.2 Å². The van der Waals surface area contributed by atoms with Crippen LogP contribution in [0.5, 0.6) is 11.5 Å². The number of Topliss-reactive ketones (excluding diaryl/α,β-unsaturated/α-hetero) is 1. The van der Waals surface area contributed by atoms with E-state index in [0.29, 0.717) is 24.5 Å². The van der Waals surface area contributed by atoms with Crippen molar-refractivity contribution in [3.8, 4) is 11.5 Å². The number of rotatable bonds is 9. The lowest BCUT2D eigenvalue weighted by Crippen LogP contribution is -2.76. The molecule has 4 aliphatic carbocycles. The molecule has 40 heavy (non-hydrogen) atoms. The number of carbonyl (C=O) groups is 4. The Balaban J connectivity index is 1.11. The van der Waals surface area contributed by atoms with Crippen molar-refractivity contribution in [1.82, 2.24) is 15.1 Å². The Labute approximate surface area is 231 Å². The molecule has 2 aliphatic heterocycles. The summed E-state index contributed by atoms with van der Waals surface area (Å²) in [5.41, 5.74) is 10.6. The van der Waals surface area contributed by atoms with E-state index < -0.39 is 41.1 Å². The standard InChI is InChI=1S/C28H35N5O7/c1-32(9-8-31-23(36)16(29)10-19(30)35)25(37)39-18-5-4-15-20-21(18)40-22-17(34)6-7-28(38)24-26(15,12-27(20,22)28)13-33(24)11-14-2-3-14/h4-5,14,16,22,24,38H,2-3,6-13,29H2,1H3,(H2,30,35)(H,31,36)/t16-,22-,24-,26?,27-,28+/m0/s1. The molecule has 3 saturated carbocycles. The van der Waals surface area contributed by atoms with E-state index in [0.717, 1.165) is 24.2 Å². The number of carbonyl (C=O) groups excluding carboxylic acids is 4. The van der Waals surface area contributed by atoms with E-state index in [4.69, 9.17) is 20.9 Å². The summed E-state index contributed by atoms with van der Waals surface area (Å²) in [5, 5.41) is 15.0. The van der Waals surface area contributed by atoms with Gasteiger partial charge in [0.05, 0.1) is 29.5 Å². The van der Waals surface area contributed by atoms with Crippen LogP contribution in [0.25, 0.3) is 0 Å². The largest absolute Gasteiger partial charge is 0.477 e. The molecule has 2 bridgehead atoms. The van der Waals surface area contributed by atoms with Gasteiger partial charge in [-0.3, -0.25) is 19.3 Å². The minimum Gasteiger partial charge on any atom is -0.477 e. The average Bonchev–Trinajstić information content (AvgIpc) is 3.50. The Morgan fingerprint density at radius 1 is 1.32 bits per heavy atom. The summed E-state index contributed by atoms with van der Waals surface area (Å²) in [4.78, 5) is 52.9. The monoisotopic (exact) mass is 553 g/mol. The number of nitrogens with one attached hydrogen (secondary N) is 1. The van der Waals surface area contributed by atoms with Crippen LogP contribution in [0.3, 0.4) is 0 Å². The molecule has 214 valence electrons. The zero-order valence-corrected chi connectivity index (χ0v) is 22.5. The van der Waals surface area contributed by atoms with Crippen molar-refractivity contribution in [1.29, 1.82) is 0 Å². The van der Waals surface area contributed by atoms with Gasteiger partial charge in [0.15, 0.2) is 23.4 Å². The predicted octanol–water partition coefficient (Wildman–Crippen LogP) is -0.722. The molecule has 12 heteroatoms. The fourth-order valence-corrected chi connectivity index (χ4v) is 8.50. The Morgan fingerprint density at radius 2 is 2.10 bits per heavy atom. The van der Waals surface area contributed by atoms with E-state index in [2.05, 4.69) is 10.2 Å². The number of nitrogens with zero attached hydrogens (tertiary/aromatic N) is 2. The first-order valence-electron chi connectivity index (χ1n) is 14.1. The molecule has 7 rings (SSSR count). The van der Waals surface area contributed by atoms with Gasteiger partial charge in [0.2, 0.25) is 11.8 Å². The number of hydrogen-bond acceptors (Lipinski definition) is 9. The molecule has 1 aromatic carbocycles. The molecule has 6 atom stereocenters. The number of likely N-dealkylation sites (N-methyl/N-ethyl adjacent to an activating group) is 1. The molecule has 4 fully saturated rings. The van der Waals surface area contributed by atoms with Crippen LogP contribution in [0.15, 0.2) is 12.1 Å². The van der Waals surface area contributed by atoms with Gasteiger partial charge in [-0.1, -0.05) is 6.07 Å². The van der Waals surface area contributed by atoms with Crippen LogP contribution in [0.4, 0.5) is 4.79 Å². The van der Waals surface area contributed by atoms with Gasteiger partial charge >= 0.3 is 6.09 Å². The fraction of sp³-hybridized carbons (Fsp3) is 0.643. The fourth-order valence-electron chi connectivity index (χ4n) is 8.50. The van der Waals surface area contributed by atoms with Crippen molar-refractivity contribution in [3.63, 3.8) is 0 Å². The van der Waals surface area contributed by atoms with Crippen LogP contribution >= 0.6 is 0 Å². The van der Waals surface area contributed by atoms with Crippen molar-refractivity contribution in [2.45, 2.75) is 73.1 Å². The van der Waals surface area contributed by atoms with Crippen molar-refractivity contribution < 1.29 is 33.8 Å². The van der Waals surface area contributed by atoms with Gasteiger partial charge in [-0.25, -0.2) is 4.79 Å². The Bertz CT molecular complexity index is 1350. The number of aliphatic hydroxyl groups is 1. The summed E-state index contributed by atoms with van der Waals surface area (Å²) in [6.07, 6.45) is 2.11. The van der Waals surface area contributed by atoms with Crippen LogP contribution in [0.2, 0.25) is 0 Å². The summed E-state index contributed by atoms with van der Waals surface area (Å²) in [5.74, 6) is 0.0744. The average molecular weight is 554 g/mol. The summed E-state index contributed by atoms with van der Waals surface area (Å²) in [7, 11) is 1.53. The molecule has 6 aliphatic rings. The number of ketones is 1. The first-order valence-corrected chi connectivity index (χ1v) is 14.1. The molecule has 2 spiro atoms. The Kier molecular flexibility index (Phi) is 5.40. The SMILES string of the molecule is CN(CCNC(=O)[C@@H](N)CC(N)=O)C(=O)Oc1ccc2c3c1O[C@H]1C(=O)CC[C@@]4(O)[C@H]5N(CC6CC6)CC25C[C@]314. The van der Waals surface area contributed by atoms with E-state index in [9.17, 15) is 24.3 Å².